The van der Waals surface area contributed by atoms with Crippen LogP contribution in [0.25, 0.3) is 0 Å². The molecule has 6 unspecified atom stereocenters. The Morgan fingerprint density at radius 1 is 1.26 bits per heavy atom. The summed E-state index contributed by atoms with van der Waals surface area (Å²) in [4.78, 5) is 12.2. The summed E-state index contributed by atoms with van der Waals surface area (Å²) in [5, 5.41) is 10.5. The van der Waals surface area contributed by atoms with Crippen molar-refractivity contribution in [3.63, 3.8) is 0 Å². The first-order chi connectivity index (χ1) is 10.9. The number of hydrogen-bond donors (Lipinski definition) is 1. The predicted octanol–water partition coefficient (Wildman–Crippen LogP) is 4.00. The fourth-order valence-electron chi connectivity index (χ4n) is 5.91. The van der Waals surface area contributed by atoms with Gasteiger partial charge in [-0.3, -0.25) is 0 Å². The average molecular weight is 519 g/mol. The summed E-state index contributed by atoms with van der Waals surface area (Å²) in [7, 11) is 6.23. The third-order valence-electron chi connectivity index (χ3n) is 7.39. The van der Waals surface area contributed by atoms with Crippen LogP contribution in [-0.4, -0.2) is 17.0 Å². The van der Waals surface area contributed by atoms with E-state index < -0.39 is 23.3 Å². The number of halogens is 1. The molecule has 4 aliphatic carbocycles. The van der Waals surface area contributed by atoms with Gasteiger partial charge in [-0.05, 0) is 0 Å². The first-order valence-electron chi connectivity index (χ1n) is 8.80. The molecule has 2 saturated carbocycles. The zero-order valence-corrected chi connectivity index (χ0v) is 20.1. The third-order valence-corrected chi connectivity index (χ3v) is 13.2. The minimum atomic E-state index is -1.71. The number of rotatable bonds is 1. The van der Waals surface area contributed by atoms with Crippen LogP contribution in [0.3, 0.4) is 0 Å². The number of carbonyl (C=O) groups excluding carboxylic acids is 1. The SMILES string of the molecule is CC12C=[C]([Hg][Cl])C(=O)C=C1C=CC1C2CCC2(C)C(O)CCC12. The van der Waals surface area contributed by atoms with E-state index in [0.29, 0.717) is 17.8 Å². The van der Waals surface area contributed by atoms with E-state index in [1.165, 1.54) is 5.57 Å². The minimum absolute atomic E-state index is 0.0353. The fourth-order valence-corrected chi connectivity index (χ4v) is 10.6. The van der Waals surface area contributed by atoms with Crippen LogP contribution in [0.2, 0.25) is 0 Å². The van der Waals surface area contributed by atoms with Gasteiger partial charge in [0.15, 0.2) is 0 Å². The fraction of sp³-hybridized carbons (Fsp3) is 0.632. The van der Waals surface area contributed by atoms with E-state index >= 15 is 0 Å². The molecule has 0 aliphatic heterocycles. The standard InChI is InChI=1S/C19H23O2.ClH.Hg/c1-18-9-7-13(20)11-12(18)3-4-14-15-5-6-17(21)19(15,2)10-8-16(14)18;;/h3-4,9,11,14-17,21H,5-6,8,10H2,1-2H3;1H;/q;;+1/p-1. The molecule has 23 heavy (non-hydrogen) atoms. The molecule has 0 aromatic heterocycles. The maximum absolute atomic E-state index is 12.2. The monoisotopic (exact) mass is 520 g/mol. The Morgan fingerprint density at radius 3 is 2.78 bits per heavy atom. The van der Waals surface area contributed by atoms with Crippen LogP contribution in [-0.2, 0) is 28.1 Å². The maximum atomic E-state index is 12.2. The number of allylic oxidation sites excluding steroid dienone is 6. The summed E-state index contributed by atoms with van der Waals surface area (Å²) in [6, 6.07) is 0. The van der Waals surface area contributed by atoms with Gasteiger partial charge in [0.2, 0.25) is 0 Å². The molecule has 120 valence electrons. The number of ketones is 1. The number of fused-ring (bicyclic) bond motifs is 5. The van der Waals surface area contributed by atoms with Crippen molar-refractivity contribution in [3.05, 3.63) is 33.0 Å². The predicted molar refractivity (Wildman–Crippen MR) is 87.3 cm³/mol. The second-order valence-corrected chi connectivity index (χ2v) is 14.7. The molecule has 0 spiro atoms. The van der Waals surface area contributed by atoms with Gasteiger partial charge in [0.05, 0.1) is 0 Å². The quantitative estimate of drug-likeness (QED) is 0.533. The summed E-state index contributed by atoms with van der Waals surface area (Å²) in [5.74, 6) is 1.79. The van der Waals surface area contributed by atoms with Crippen LogP contribution in [0.1, 0.15) is 39.5 Å². The molecule has 4 heteroatoms. The Kier molecular flexibility index (Phi) is 3.98. The molecule has 2 nitrogen and oxygen atoms in total. The van der Waals surface area contributed by atoms with E-state index in [9.17, 15) is 9.90 Å². The summed E-state index contributed by atoms with van der Waals surface area (Å²) in [6.07, 6.45) is 12.8. The molecule has 6 atom stereocenters. The molecule has 0 amide bonds. The molecule has 0 bridgehead atoms. The Balaban J connectivity index is 1.77. The van der Waals surface area contributed by atoms with Gasteiger partial charge < -0.3 is 0 Å². The van der Waals surface area contributed by atoms with Gasteiger partial charge in [-0.2, -0.15) is 0 Å². The van der Waals surface area contributed by atoms with Gasteiger partial charge in [-0.15, -0.1) is 0 Å². The summed E-state index contributed by atoms with van der Waals surface area (Å²) in [5.41, 5.74) is 1.21. The van der Waals surface area contributed by atoms with Crippen molar-refractivity contribution in [1.29, 1.82) is 0 Å². The van der Waals surface area contributed by atoms with E-state index in [-0.39, 0.29) is 22.7 Å². The van der Waals surface area contributed by atoms with Gasteiger partial charge >= 0.3 is 154 Å². The summed E-state index contributed by atoms with van der Waals surface area (Å²) < 4.78 is 0.965. The molecule has 2 fully saturated rings. The first-order valence-corrected chi connectivity index (χ1v) is 18.3. The van der Waals surface area contributed by atoms with Crippen LogP contribution in [0.4, 0.5) is 0 Å². The van der Waals surface area contributed by atoms with Gasteiger partial charge in [0, 0.05) is 0 Å². The van der Waals surface area contributed by atoms with Crippen LogP contribution < -0.4 is 0 Å². The molecule has 4 aliphatic rings. The molecular weight excluding hydrogens is 496 g/mol. The van der Waals surface area contributed by atoms with Gasteiger partial charge in [-0.1, -0.05) is 0 Å². The molecule has 0 saturated heterocycles. The van der Waals surface area contributed by atoms with Crippen LogP contribution in [0.15, 0.2) is 33.0 Å². The average Bonchev–Trinajstić information content (AvgIpc) is 2.83. The van der Waals surface area contributed by atoms with Gasteiger partial charge in [0.25, 0.3) is 0 Å². The Hall–Kier alpha value is 0.0751. The Morgan fingerprint density at radius 2 is 2.04 bits per heavy atom. The molecule has 0 aromatic rings. The first kappa shape index (κ1) is 16.5. The number of hydrogen-bond acceptors (Lipinski definition) is 2. The van der Waals surface area contributed by atoms with Crippen molar-refractivity contribution in [2.45, 2.75) is 45.6 Å². The van der Waals surface area contributed by atoms with E-state index in [2.05, 4.69) is 32.1 Å². The van der Waals surface area contributed by atoms with Crippen molar-refractivity contribution in [2.24, 2.45) is 28.6 Å². The van der Waals surface area contributed by atoms with Gasteiger partial charge in [-0.25, -0.2) is 0 Å². The Labute approximate surface area is 153 Å². The van der Waals surface area contributed by atoms with Crippen molar-refractivity contribution in [3.8, 4) is 0 Å². The van der Waals surface area contributed by atoms with Crippen LogP contribution >= 0.6 is 8.25 Å². The second-order valence-electron chi connectivity index (χ2n) is 8.34. The van der Waals surface area contributed by atoms with Crippen molar-refractivity contribution >= 4 is 14.0 Å². The van der Waals surface area contributed by atoms with E-state index in [4.69, 9.17) is 8.25 Å². The molecule has 0 aromatic carbocycles. The van der Waals surface area contributed by atoms with Crippen molar-refractivity contribution in [1.82, 2.24) is 0 Å². The normalized spacial score (nSPS) is 47.9. The Bertz CT molecular complexity index is 652. The molecular formula is C19H23ClHgO2. The second kappa shape index (κ2) is 5.54. The van der Waals surface area contributed by atoms with Crippen molar-refractivity contribution < 1.29 is 33.2 Å². The topological polar surface area (TPSA) is 37.3 Å². The van der Waals surface area contributed by atoms with E-state index in [1.807, 2.05) is 6.08 Å². The molecule has 4 rings (SSSR count). The van der Waals surface area contributed by atoms with E-state index in [0.717, 1.165) is 28.8 Å². The molecule has 0 radical (unpaired) electrons. The third kappa shape index (κ3) is 2.24. The number of carbonyl (C=O) groups is 1. The summed E-state index contributed by atoms with van der Waals surface area (Å²) >= 11 is -1.71. The number of aliphatic hydroxyl groups excluding tert-OH is 1. The van der Waals surface area contributed by atoms with Crippen molar-refractivity contribution in [2.75, 3.05) is 0 Å². The van der Waals surface area contributed by atoms with Gasteiger partial charge in [0.1, 0.15) is 0 Å². The van der Waals surface area contributed by atoms with Crippen LogP contribution in [0, 0.1) is 28.6 Å². The zero-order valence-electron chi connectivity index (χ0n) is 13.9. The van der Waals surface area contributed by atoms with Crippen LogP contribution in [0.5, 0.6) is 0 Å². The zero-order chi connectivity index (χ0) is 16.4. The number of aliphatic hydroxyl groups is 1. The molecule has 0 heterocycles. The summed E-state index contributed by atoms with van der Waals surface area (Å²) in [6.45, 7) is 4.59. The van der Waals surface area contributed by atoms with E-state index in [1.54, 1.807) is 0 Å². The molecule has 1 N–H and O–H groups in total.